The van der Waals surface area contributed by atoms with Gasteiger partial charge in [-0.25, -0.2) is 0 Å². The lowest BCUT2D eigenvalue weighted by Crippen LogP contribution is -2.01. The Morgan fingerprint density at radius 1 is 1.09 bits per heavy atom. The lowest BCUT2D eigenvalue weighted by atomic mass is 10.3. The number of aryl methyl sites for hydroxylation is 1. The van der Waals surface area contributed by atoms with E-state index in [1.807, 2.05) is 31.2 Å². The molecule has 1 aromatic carbocycles. The largest absolute Gasteiger partial charge is 0.490 e. The Morgan fingerprint density at radius 2 is 1.86 bits per heavy atom. The van der Waals surface area contributed by atoms with Crippen LogP contribution < -0.4 is 9.47 Å². The predicted molar refractivity (Wildman–Crippen MR) is 84.6 cm³/mol. The Bertz CT molecular complexity index is 753. The molecule has 0 saturated heterocycles. The molecule has 0 bridgehead atoms. The predicted octanol–water partition coefficient (Wildman–Crippen LogP) is 3.12. The third kappa shape index (κ3) is 3.04. The Kier molecular flexibility index (Phi) is 4.53. The molecule has 0 aliphatic heterocycles. The highest BCUT2D eigenvalue weighted by Crippen LogP contribution is 2.27. The minimum atomic E-state index is 0.393. The van der Waals surface area contributed by atoms with Crippen molar-refractivity contribution < 1.29 is 9.47 Å². The summed E-state index contributed by atoms with van der Waals surface area (Å²) in [5, 5.41) is 13.7. The van der Waals surface area contributed by atoms with Crippen LogP contribution >= 0.6 is 11.3 Å². The van der Waals surface area contributed by atoms with Crippen molar-refractivity contribution >= 4 is 16.3 Å². The first-order valence-electron chi connectivity index (χ1n) is 7.36. The van der Waals surface area contributed by atoms with Crippen molar-refractivity contribution in [2.45, 2.75) is 33.3 Å². The lowest BCUT2D eigenvalue weighted by Gasteiger charge is -2.10. The van der Waals surface area contributed by atoms with Gasteiger partial charge in [0, 0.05) is 6.42 Å². The maximum Gasteiger partial charge on any atom is 0.234 e. The molecule has 3 rings (SSSR count). The molecule has 116 valence electrons. The fourth-order valence-corrected chi connectivity index (χ4v) is 2.88. The number of rotatable bonds is 7. The Balaban J connectivity index is 1.74. The number of hydrogen-bond donors (Lipinski definition) is 0. The molecule has 6 nitrogen and oxygen atoms in total. The second-order valence-corrected chi connectivity index (χ2v) is 5.77. The average molecular weight is 318 g/mol. The van der Waals surface area contributed by atoms with E-state index in [0.717, 1.165) is 40.1 Å². The first-order chi connectivity index (χ1) is 10.8. The summed E-state index contributed by atoms with van der Waals surface area (Å²) in [6.07, 6.45) is 1.89. The first kappa shape index (κ1) is 14.8. The molecule has 0 saturated carbocycles. The molecule has 0 unspecified atom stereocenters. The summed E-state index contributed by atoms with van der Waals surface area (Å²) in [4.78, 5) is 0.806. The van der Waals surface area contributed by atoms with Crippen LogP contribution in [-0.2, 0) is 13.0 Å². The molecule has 3 aromatic rings. The molecule has 0 radical (unpaired) electrons. The highest BCUT2D eigenvalue weighted by molar-refractivity contribution is 7.16. The fraction of sp³-hybridized carbons (Fsp3) is 0.400. The quantitative estimate of drug-likeness (QED) is 0.670. The number of aromatic nitrogens is 4. The average Bonchev–Trinajstić information content (AvgIpc) is 3.09. The van der Waals surface area contributed by atoms with Crippen molar-refractivity contribution in [2.75, 3.05) is 6.61 Å². The van der Waals surface area contributed by atoms with Gasteiger partial charge < -0.3 is 9.47 Å². The van der Waals surface area contributed by atoms with E-state index in [1.54, 1.807) is 4.52 Å². The van der Waals surface area contributed by atoms with Gasteiger partial charge in [0.1, 0.15) is 6.61 Å². The number of para-hydroxylation sites is 2. The van der Waals surface area contributed by atoms with Crippen LogP contribution in [0.15, 0.2) is 24.3 Å². The second kappa shape index (κ2) is 6.74. The normalized spacial score (nSPS) is 11.0. The third-order valence-electron chi connectivity index (χ3n) is 3.07. The van der Waals surface area contributed by atoms with E-state index in [1.165, 1.54) is 11.3 Å². The summed E-state index contributed by atoms with van der Waals surface area (Å²) < 4.78 is 13.2. The summed E-state index contributed by atoms with van der Waals surface area (Å²) in [5.74, 6) is 2.37. The summed E-state index contributed by atoms with van der Waals surface area (Å²) >= 11 is 1.49. The van der Waals surface area contributed by atoms with Gasteiger partial charge in [0.25, 0.3) is 0 Å². The van der Waals surface area contributed by atoms with Crippen molar-refractivity contribution in [3.05, 3.63) is 35.1 Å². The van der Waals surface area contributed by atoms with E-state index in [9.17, 15) is 0 Å². The lowest BCUT2D eigenvalue weighted by molar-refractivity contribution is 0.268. The topological polar surface area (TPSA) is 61.5 Å². The van der Waals surface area contributed by atoms with E-state index < -0.39 is 0 Å². The van der Waals surface area contributed by atoms with Gasteiger partial charge in [0.15, 0.2) is 22.3 Å². The molecule has 2 aromatic heterocycles. The van der Waals surface area contributed by atoms with E-state index >= 15 is 0 Å². The number of ether oxygens (including phenoxy) is 2. The molecular weight excluding hydrogens is 300 g/mol. The standard InChI is InChI=1S/C15H18N4O2S/c1-3-7-13-16-17-15-19(13)18-14(22-15)10-21-12-9-6-5-8-11(12)20-4-2/h5-6,8-9H,3-4,7,10H2,1-2H3. The minimum Gasteiger partial charge on any atom is -0.490 e. The van der Waals surface area contributed by atoms with E-state index in [2.05, 4.69) is 22.2 Å². The fourth-order valence-electron chi connectivity index (χ4n) is 2.12. The van der Waals surface area contributed by atoms with Gasteiger partial charge in [-0.05, 0) is 25.5 Å². The highest BCUT2D eigenvalue weighted by atomic mass is 32.1. The number of hydrogen-bond acceptors (Lipinski definition) is 6. The van der Waals surface area contributed by atoms with Gasteiger partial charge in [0.05, 0.1) is 6.61 Å². The summed E-state index contributed by atoms with van der Waals surface area (Å²) in [7, 11) is 0. The Labute approximate surface area is 132 Å². The first-order valence-corrected chi connectivity index (χ1v) is 8.18. The zero-order chi connectivity index (χ0) is 15.4. The molecular formula is C15H18N4O2S. The zero-order valence-electron chi connectivity index (χ0n) is 12.7. The number of benzene rings is 1. The van der Waals surface area contributed by atoms with Crippen molar-refractivity contribution in [2.24, 2.45) is 0 Å². The second-order valence-electron chi connectivity index (χ2n) is 4.72. The maximum absolute atomic E-state index is 5.84. The molecule has 22 heavy (non-hydrogen) atoms. The smallest absolute Gasteiger partial charge is 0.234 e. The molecule has 0 N–H and O–H groups in total. The van der Waals surface area contributed by atoms with Crippen molar-refractivity contribution in [3.63, 3.8) is 0 Å². The van der Waals surface area contributed by atoms with Crippen LogP contribution in [0.3, 0.4) is 0 Å². The summed E-state index contributed by atoms with van der Waals surface area (Å²) in [6.45, 7) is 5.07. The monoisotopic (exact) mass is 318 g/mol. The van der Waals surface area contributed by atoms with Crippen LogP contribution in [0.2, 0.25) is 0 Å². The number of nitrogens with zero attached hydrogens (tertiary/aromatic N) is 4. The Hall–Kier alpha value is -2.15. The van der Waals surface area contributed by atoms with Gasteiger partial charge in [0.2, 0.25) is 4.96 Å². The maximum atomic E-state index is 5.84. The molecule has 0 amide bonds. The van der Waals surface area contributed by atoms with Crippen LogP contribution in [0.1, 0.15) is 31.1 Å². The minimum absolute atomic E-state index is 0.393. The van der Waals surface area contributed by atoms with Gasteiger partial charge in [-0.3, -0.25) is 0 Å². The van der Waals surface area contributed by atoms with Crippen LogP contribution in [0.4, 0.5) is 0 Å². The van der Waals surface area contributed by atoms with Gasteiger partial charge >= 0.3 is 0 Å². The third-order valence-corrected chi connectivity index (χ3v) is 3.94. The van der Waals surface area contributed by atoms with Crippen LogP contribution in [-0.4, -0.2) is 26.4 Å². The Morgan fingerprint density at radius 3 is 2.59 bits per heavy atom. The molecule has 2 heterocycles. The van der Waals surface area contributed by atoms with E-state index in [0.29, 0.717) is 13.2 Å². The zero-order valence-corrected chi connectivity index (χ0v) is 13.5. The van der Waals surface area contributed by atoms with Gasteiger partial charge in [-0.2, -0.15) is 9.61 Å². The number of fused-ring (bicyclic) bond motifs is 1. The molecule has 0 aliphatic carbocycles. The van der Waals surface area contributed by atoms with Gasteiger partial charge in [-0.1, -0.05) is 30.4 Å². The molecule has 0 fully saturated rings. The van der Waals surface area contributed by atoms with Crippen LogP contribution in [0, 0.1) is 0 Å². The van der Waals surface area contributed by atoms with Crippen molar-refractivity contribution in [3.8, 4) is 11.5 Å². The van der Waals surface area contributed by atoms with Crippen LogP contribution in [0.5, 0.6) is 11.5 Å². The highest BCUT2D eigenvalue weighted by Gasteiger charge is 2.12. The molecule has 0 atom stereocenters. The summed E-state index contributed by atoms with van der Waals surface area (Å²) in [5.41, 5.74) is 0. The molecule has 0 spiro atoms. The van der Waals surface area contributed by atoms with Crippen molar-refractivity contribution in [1.82, 2.24) is 19.8 Å². The summed E-state index contributed by atoms with van der Waals surface area (Å²) in [6, 6.07) is 7.65. The van der Waals surface area contributed by atoms with E-state index in [-0.39, 0.29) is 0 Å². The van der Waals surface area contributed by atoms with Crippen LogP contribution in [0.25, 0.3) is 4.96 Å². The van der Waals surface area contributed by atoms with Crippen molar-refractivity contribution in [1.29, 1.82) is 0 Å². The van der Waals surface area contributed by atoms with Gasteiger partial charge in [-0.15, -0.1) is 10.2 Å². The molecule has 0 aliphatic rings. The SMILES string of the molecule is CCCc1nnc2sc(COc3ccccc3OCC)nn12. The van der Waals surface area contributed by atoms with E-state index in [4.69, 9.17) is 9.47 Å². The molecule has 7 heteroatoms.